The van der Waals surface area contributed by atoms with Gasteiger partial charge in [-0.3, -0.25) is 0 Å². The largest absolute Gasteiger partial charge is 0.152 e. The smallest absolute Gasteiger partial charge is 0.0847 e. The average molecular weight is 145 g/mol. The highest BCUT2D eigenvalue weighted by Crippen LogP contribution is 2.06. The molecule has 1 radical (unpaired) electrons. The van der Waals surface area contributed by atoms with Crippen molar-refractivity contribution in [2.24, 2.45) is 0 Å². The molecule has 1 aliphatic heterocycles. The highest BCUT2D eigenvalue weighted by Gasteiger charge is 2.08. The van der Waals surface area contributed by atoms with E-state index >= 15 is 0 Å². The number of hydrogen-bond donors (Lipinski definition) is 0. The summed E-state index contributed by atoms with van der Waals surface area (Å²) < 4.78 is 0. The number of benzene rings is 1. The van der Waals surface area contributed by atoms with Crippen LogP contribution in [-0.2, 0) is 6.42 Å². The van der Waals surface area contributed by atoms with E-state index in [2.05, 4.69) is 31.5 Å². The second kappa shape index (κ2) is 4.22. The second-order valence-corrected chi connectivity index (χ2v) is 2.44. The first kappa shape index (κ1) is 8.38. The van der Waals surface area contributed by atoms with Gasteiger partial charge in [-0.05, 0) is 6.42 Å². The summed E-state index contributed by atoms with van der Waals surface area (Å²) in [6, 6.07) is 8.60. The summed E-state index contributed by atoms with van der Waals surface area (Å²) in [4.78, 5) is 0. The summed E-state index contributed by atoms with van der Waals surface area (Å²) in [6.07, 6.45) is 2.48. The molecular weight excluding hydrogens is 131 g/mol. The molecule has 0 spiro atoms. The van der Waals surface area contributed by atoms with Gasteiger partial charge in [-0.25, -0.2) is 0 Å². The molecule has 0 nitrogen and oxygen atoms in total. The van der Waals surface area contributed by atoms with E-state index in [0.29, 0.717) is 0 Å². The molecule has 11 heavy (non-hydrogen) atoms. The van der Waals surface area contributed by atoms with E-state index in [-0.39, 0.29) is 0 Å². The van der Waals surface area contributed by atoms with Gasteiger partial charge in [0.1, 0.15) is 0 Å². The van der Waals surface area contributed by atoms with Crippen LogP contribution in [0.5, 0.6) is 0 Å². The topological polar surface area (TPSA) is 0 Å². The van der Waals surface area contributed by atoms with Crippen LogP contribution >= 0.6 is 0 Å². The van der Waals surface area contributed by atoms with Crippen LogP contribution in [0.4, 0.5) is 0 Å². The lowest BCUT2D eigenvalue weighted by atomic mass is 9.72. The van der Waals surface area contributed by atoms with Crippen molar-refractivity contribution in [3.05, 3.63) is 29.8 Å². The minimum atomic E-state index is 1.24. The third-order valence-corrected chi connectivity index (χ3v) is 1.83. The molecule has 0 amide bonds. The molecule has 2 rings (SSSR count). The maximum Gasteiger partial charge on any atom is 0.152 e. The van der Waals surface area contributed by atoms with E-state index < -0.39 is 0 Å². The van der Waals surface area contributed by atoms with E-state index in [4.69, 9.17) is 0 Å². The van der Waals surface area contributed by atoms with Gasteiger partial charge in [-0.2, -0.15) is 0 Å². The Balaban J connectivity index is 0.000000281. The van der Waals surface area contributed by atoms with Crippen molar-refractivity contribution < 1.29 is 0 Å². The number of hydrogen-bond acceptors (Lipinski definition) is 0. The number of rotatable bonds is 0. The first-order valence-corrected chi connectivity index (χ1v) is 4.38. The third-order valence-electron chi connectivity index (χ3n) is 1.83. The zero-order valence-electron chi connectivity index (χ0n) is 7.30. The Hall–Kier alpha value is -0.715. The molecule has 1 heteroatoms. The van der Waals surface area contributed by atoms with Gasteiger partial charge in [0.15, 0.2) is 7.28 Å². The van der Waals surface area contributed by atoms with Crippen molar-refractivity contribution in [3.63, 3.8) is 0 Å². The fraction of sp³-hybridized carbons (Fsp3) is 0.400. The minimum Gasteiger partial charge on any atom is -0.0847 e. The van der Waals surface area contributed by atoms with Gasteiger partial charge in [0.25, 0.3) is 0 Å². The number of aryl methyl sites for hydroxylation is 1. The van der Waals surface area contributed by atoms with Gasteiger partial charge in [-0.1, -0.05) is 55.5 Å². The summed E-state index contributed by atoms with van der Waals surface area (Å²) in [6.45, 7) is 4.00. The zero-order chi connectivity index (χ0) is 8.10. The van der Waals surface area contributed by atoms with Crippen LogP contribution in [0.2, 0.25) is 6.32 Å². The van der Waals surface area contributed by atoms with Crippen LogP contribution in [0.3, 0.4) is 0 Å². The predicted octanol–water partition coefficient (Wildman–Crippen LogP) is 2.02. The molecular formula is C10H14B. The van der Waals surface area contributed by atoms with Crippen LogP contribution in [0, 0.1) is 0 Å². The SMILES string of the molecule is CC.[B]1CCc2ccccc21. The third kappa shape index (κ3) is 1.86. The van der Waals surface area contributed by atoms with Crippen LogP contribution in [0.15, 0.2) is 24.3 Å². The Morgan fingerprint density at radius 3 is 2.64 bits per heavy atom. The molecule has 1 aliphatic rings. The molecule has 0 unspecified atom stereocenters. The Morgan fingerprint density at radius 1 is 1.18 bits per heavy atom. The normalized spacial score (nSPS) is 12.5. The summed E-state index contributed by atoms with van der Waals surface area (Å²) in [5, 5.41) is 0. The lowest BCUT2D eigenvalue weighted by molar-refractivity contribution is 1.17. The summed E-state index contributed by atoms with van der Waals surface area (Å²) >= 11 is 0. The van der Waals surface area contributed by atoms with Gasteiger partial charge in [-0.15, -0.1) is 0 Å². The monoisotopic (exact) mass is 145 g/mol. The van der Waals surface area contributed by atoms with E-state index in [0.717, 1.165) is 0 Å². The van der Waals surface area contributed by atoms with Crippen molar-refractivity contribution in [2.45, 2.75) is 26.6 Å². The van der Waals surface area contributed by atoms with Crippen molar-refractivity contribution in [1.82, 2.24) is 0 Å². The van der Waals surface area contributed by atoms with Crippen molar-refractivity contribution >= 4 is 12.7 Å². The molecule has 0 atom stereocenters. The highest BCUT2D eigenvalue weighted by molar-refractivity contribution is 6.55. The van der Waals surface area contributed by atoms with E-state index in [9.17, 15) is 0 Å². The molecule has 0 saturated carbocycles. The Bertz CT molecular complexity index is 195. The van der Waals surface area contributed by atoms with Crippen molar-refractivity contribution in [2.75, 3.05) is 0 Å². The van der Waals surface area contributed by atoms with Crippen LogP contribution < -0.4 is 5.46 Å². The quantitative estimate of drug-likeness (QED) is 0.490. The predicted molar refractivity (Wildman–Crippen MR) is 51.7 cm³/mol. The van der Waals surface area contributed by atoms with Crippen LogP contribution in [0.1, 0.15) is 19.4 Å². The van der Waals surface area contributed by atoms with Gasteiger partial charge >= 0.3 is 0 Å². The zero-order valence-corrected chi connectivity index (χ0v) is 7.30. The molecule has 0 N–H and O–H groups in total. The lowest BCUT2D eigenvalue weighted by Crippen LogP contribution is -2.08. The summed E-state index contributed by atoms with van der Waals surface area (Å²) in [5.41, 5.74) is 2.95. The number of fused-ring (bicyclic) bond motifs is 1. The average Bonchev–Trinajstić information content (AvgIpc) is 2.55. The van der Waals surface area contributed by atoms with E-state index in [1.54, 1.807) is 0 Å². The van der Waals surface area contributed by atoms with Gasteiger partial charge < -0.3 is 0 Å². The first-order valence-electron chi connectivity index (χ1n) is 4.38. The minimum absolute atomic E-state index is 1.24. The molecule has 0 bridgehead atoms. The summed E-state index contributed by atoms with van der Waals surface area (Å²) in [5.74, 6) is 0. The Morgan fingerprint density at radius 2 is 1.91 bits per heavy atom. The molecule has 0 aliphatic carbocycles. The van der Waals surface area contributed by atoms with Crippen LogP contribution in [0.25, 0.3) is 0 Å². The fourth-order valence-electron chi connectivity index (χ4n) is 1.34. The molecule has 1 aromatic rings. The van der Waals surface area contributed by atoms with Gasteiger partial charge in [0.05, 0.1) is 0 Å². The molecule has 1 heterocycles. The van der Waals surface area contributed by atoms with Gasteiger partial charge in [0.2, 0.25) is 0 Å². The Kier molecular flexibility index (Phi) is 3.22. The van der Waals surface area contributed by atoms with Crippen molar-refractivity contribution in [3.8, 4) is 0 Å². The van der Waals surface area contributed by atoms with Gasteiger partial charge in [0, 0.05) is 0 Å². The van der Waals surface area contributed by atoms with E-state index in [1.807, 2.05) is 13.8 Å². The lowest BCUT2D eigenvalue weighted by Gasteiger charge is -1.93. The molecule has 1 aromatic carbocycles. The molecule has 57 valence electrons. The maximum absolute atomic E-state index is 2.30. The second-order valence-electron chi connectivity index (χ2n) is 2.44. The first-order chi connectivity index (χ1) is 5.47. The molecule has 0 aromatic heterocycles. The highest BCUT2D eigenvalue weighted by atomic mass is 14.0. The molecule has 0 fully saturated rings. The maximum atomic E-state index is 2.30. The molecule has 0 saturated heterocycles. The standard InChI is InChI=1S/C8H8B.C2H6/c1-2-4-8-7(3-1)5-6-9-8;1-2/h1-4H,5-6H2;1-2H3. The van der Waals surface area contributed by atoms with E-state index in [1.165, 1.54) is 23.8 Å². The van der Waals surface area contributed by atoms with Crippen LogP contribution in [-0.4, -0.2) is 7.28 Å². The Labute approximate surface area is 69.9 Å². The fourth-order valence-corrected chi connectivity index (χ4v) is 1.34. The summed E-state index contributed by atoms with van der Waals surface area (Å²) in [7, 11) is 2.30. The van der Waals surface area contributed by atoms with Crippen molar-refractivity contribution in [1.29, 1.82) is 0 Å².